The zero-order chi connectivity index (χ0) is 11.5. The Labute approximate surface area is 93.1 Å². The van der Waals surface area contributed by atoms with Crippen LogP contribution in [0.25, 0.3) is 5.65 Å². The molecule has 0 aliphatic rings. The predicted molar refractivity (Wildman–Crippen MR) is 58.3 cm³/mol. The van der Waals surface area contributed by atoms with Crippen LogP contribution in [0, 0.1) is 0 Å². The van der Waals surface area contributed by atoms with Crippen LogP contribution in [0.4, 0.5) is 0 Å². The normalized spacial score (nSPS) is 10.6. The van der Waals surface area contributed by atoms with Gasteiger partial charge in [0.15, 0.2) is 11.5 Å². The number of pyridine rings is 1. The quantitative estimate of drug-likeness (QED) is 0.733. The molecule has 0 fully saturated rings. The lowest BCUT2D eigenvalue weighted by molar-refractivity contribution is 0.0528. The van der Waals surface area contributed by atoms with Crippen LogP contribution in [0.2, 0.25) is 0 Å². The Kier molecular flexibility index (Phi) is 2.85. The summed E-state index contributed by atoms with van der Waals surface area (Å²) >= 11 is 0. The standard InChI is InChI=1S/C11H13N3O2/c1-3-9-12-10-8(11(15)16-4-2)6-5-7-14(10)13-9/h5-7H,3-4H2,1-2H3. The number of carbonyl (C=O) groups is 1. The van der Waals surface area contributed by atoms with E-state index in [0.717, 1.165) is 12.2 Å². The molecular weight excluding hydrogens is 206 g/mol. The highest BCUT2D eigenvalue weighted by atomic mass is 16.5. The molecule has 5 heteroatoms. The highest BCUT2D eigenvalue weighted by molar-refractivity contribution is 5.95. The van der Waals surface area contributed by atoms with Gasteiger partial charge in [0, 0.05) is 12.6 Å². The fourth-order valence-corrected chi connectivity index (χ4v) is 1.47. The number of ether oxygens (including phenoxy) is 1. The molecule has 0 bridgehead atoms. The topological polar surface area (TPSA) is 56.5 Å². The van der Waals surface area contributed by atoms with Gasteiger partial charge in [-0.25, -0.2) is 14.3 Å². The van der Waals surface area contributed by atoms with Crippen molar-refractivity contribution in [2.45, 2.75) is 20.3 Å². The van der Waals surface area contributed by atoms with E-state index in [9.17, 15) is 4.79 Å². The molecular formula is C11H13N3O2. The molecule has 2 rings (SSSR count). The molecule has 0 aliphatic carbocycles. The number of hydrogen-bond acceptors (Lipinski definition) is 4. The van der Waals surface area contributed by atoms with Gasteiger partial charge in [-0.3, -0.25) is 0 Å². The summed E-state index contributed by atoms with van der Waals surface area (Å²) in [6, 6.07) is 3.45. The molecule has 2 aromatic rings. The maximum Gasteiger partial charge on any atom is 0.341 e. The van der Waals surface area contributed by atoms with Gasteiger partial charge in [0.25, 0.3) is 0 Å². The van der Waals surface area contributed by atoms with Crippen molar-refractivity contribution in [2.24, 2.45) is 0 Å². The third-order valence-corrected chi connectivity index (χ3v) is 2.22. The lowest BCUT2D eigenvalue weighted by Gasteiger charge is -2.01. The average Bonchev–Trinajstić information content (AvgIpc) is 2.71. The van der Waals surface area contributed by atoms with Crippen molar-refractivity contribution < 1.29 is 9.53 Å². The lowest BCUT2D eigenvalue weighted by Crippen LogP contribution is -2.06. The second kappa shape index (κ2) is 4.30. The number of fused-ring (bicyclic) bond motifs is 1. The molecule has 2 heterocycles. The van der Waals surface area contributed by atoms with E-state index in [4.69, 9.17) is 4.74 Å². The summed E-state index contributed by atoms with van der Waals surface area (Å²) in [5, 5.41) is 4.23. The van der Waals surface area contributed by atoms with Gasteiger partial charge in [0.05, 0.1) is 6.61 Å². The van der Waals surface area contributed by atoms with E-state index in [1.54, 1.807) is 29.8 Å². The molecule has 0 aliphatic heterocycles. The number of nitrogens with zero attached hydrogens (tertiary/aromatic N) is 3. The third-order valence-electron chi connectivity index (χ3n) is 2.22. The zero-order valence-electron chi connectivity index (χ0n) is 9.30. The highest BCUT2D eigenvalue weighted by Gasteiger charge is 2.14. The van der Waals surface area contributed by atoms with Gasteiger partial charge >= 0.3 is 5.97 Å². The van der Waals surface area contributed by atoms with Gasteiger partial charge in [0.1, 0.15) is 5.56 Å². The van der Waals surface area contributed by atoms with Crippen LogP contribution in [0.5, 0.6) is 0 Å². The van der Waals surface area contributed by atoms with Gasteiger partial charge in [-0.15, -0.1) is 0 Å². The predicted octanol–water partition coefficient (Wildman–Crippen LogP) is 1.47. The Morgan fingerprint density at radius 2 is 2.31 bits per heavy atom. The molecule has 84 valence electrons. The van der Waals surface area contributed by atoms with Crippen LogP contribution in [0.15, 0.2) is 18.3 Å². The number of carbonyl (C=O) groups excluding carboxylic acids is 1. The van der Waals surface area contributed by atoms with Crippen LogP contribution >= 0.6 is 0 Å². The summed E-state index contributed by atoms with van der Waals surface area (Å²) < 4.78 is 6.56. The first-order valence-electron chi connectivity index (χ1n) is 5.27. The van der Waals surface area contributed by atoms with E-state index in [1.807, 2.05) is 6.92 Å². The van der Waals surface area contributed by atoms with E-state index in [0.29, 0.717) is 17.8 Å². The van der Waals surface area contributed by atoms with E-state index in [1.165, 1.54) is 0 Å². The Hall–Kier alpha value is -1.91. The summed E-state index contributed by atoms with van der Waals surface area (Å²) in [4.78, 5) is 15.9. The van der Waals surface area contributed by atoms with Gasteiger partial charge in [-0.2, -0.15) is 5.10 Å². The molecule has 16 heavy (non-hydrogen) atoms. The molecule has 0 spiro atoms. The number of esters is 1. The average molecular weight is 219 g/mol. The summed E-state index contributed by atoms with van der Waals surface area (Å²) in [6.45, 7) is 4.10. The van der Waals surface area contributed by atoms with Crippen molar-refractivity contribution in [1.29, 1.82) is 0 Å². The smallest absolute Gasteiger partial charge is 0.341 e. The molecule has 0 saturated carbocycles. The van der Waals surface area contributed by atoms with Crippen LogP contribution < -0.4 is 0 Å². The molecule has 5 nitrogen and oxygen atoms in total. The monoisotopic (exact) mass is 219 g/mol. The summed E-state index contributed by atoms with van der Waals surface area (Å²) in [5.74, 6) is 0.361. The van der Waals surface area contributed by atoms with Gasteiger partial charge in [0.2, 0.25) is 0 Å². The second-order valence-electron chi connectivity index (χ2n) is 3.29. The van der Waals surface area contributed by atoms with Crippen LogP contribution in [0.3, 0.4) is 0 Å². The zero-order valence-corrected chi connectivity index (χ0v) is 9.30. The van der Waals surface area contributed by atoms with E-state index >= 15 is 0 Å². The summed E-state index contributed by atoms with van der Waals surface area (Å²) in [6.07, 6.45) is 2.51. The third kappa shape index (κ3) is 1.76. The highest BCUT2D eigenvalue weighted by Crippen LogP contribution is 2.10. The SMILES string of the molecule is CCOC(=O)c1cccn2nc(CC)nc12. The molecule has 0 amide bonds. The van der Waals surface area contributed by atoms with E-state index in [-0.39, 0.29) is 5.97 Å². The van der Waals surface area contributed by atoms with Crippen molar-refractivity contribution in [3.8, 4) is 0 Å². The number of aryl methyl sites for hydroxylation is 1. The first kappa shape index (κ1) is 10.6. The summed E-state index contributed by atoms with van der Waals surface area (Å²) in [5.41, 5.74) is 1.01. The van der Waals surface area contributed by atoms with Crippen LogP contribution in [-0.2, 0) is 11.2 Å². The Balaban J connectivity index is 2.52. The first-order valence-corrected chi connectivity index (χ1v) is 5.27. The fourth-order valence-electron chi connectivity index (χ4n) is 1.47. The maximum atomic E-state index is 11.7. The second-order valence-corrected chi connectivity index (χ2v) is 3.29. The minimum atomic E-state index is -0.358. The van der Waals surface area contributed by atoms with Crippen molar-refractivity contribution in [3.05, 3.63) is 29.7 Å². The molecule has 0 unspecified atom stereocenters. The van der Waals surface area contributed by atoms with Crippen molar-refractivity contribution in [1.82, 2.24) is 14.6 Å². The van der Waals surface area contributed by atoms with Crippen LogP contribution in [-0.4, -0.2) is 27.2 Å². The molecule has 0 saturated heterocycles. The molecule has 0 radical (unpaired) electrons. The molecule has 2 aromatic heterocycles. The van der Waals surface area contributed by atoms with Crippen LogP contribution in [0.1, 0.15) is 30.0 Å². The minimum absolute atomic E-state index is 0.356. The Morgan fingerprint density at radius 3 is 3.00 bits per heavy atom. The largest absolute Gasteiger partial charge is 0.462 e. The minimum Gasteiger partial charge on any atom is -0.462 e. The van der Waals surface area contributed by atoms with Gasteiger partial charge in [-0.05, 0) is 19.1 Å². The molecule has 0 aromatic carbocycles. The maximum absolute atomic E-state index is 11.7. The van der Waals surface area contributed by atoms with Gasteiger partial charge < -0.3 is 4.74 Å². The van der Waals surface area contributed by atoms with E-state index in [2.05, 4.69) is 10.1 Å². The Morgan fingerprint density at radius 1 is 1.50 bits per heavy atom. The first-order chi connectivity index (χ1) is 7.76. The fraction of sp³-hybridized carbons (Fsp3) is 0.364. The van der Waals surface area contributed by atoms with Crippen molar-refractivity contribution >= 4 is 11.6 Å². The number of aromatic nitrogens is 3. The molecule has 0 N–H and O–H groups in total. The summed E-state index contributed by atoms with van der Waals surface area (Å²) in [7, 11) is 0. The van der Waals surface area contributed by atoms with E-state index < -0.39 is 0 Å². The van der Waals surface area contributed by atoms with Gasteiger partial charge in [-0.1, -0.05) is 6.92 Å². The molecule has 0 atom stereocenters. The van der Waals surface area contributed by atoms with Crippen molar-refractivity contribution in [3.63, 3.8) is 0 Å². The Bertz CT molecular complexity index is 519. The number of hydrogen-bond donors (Lipinski definition) is 0. The van der Waals surface area contributed by atoms with Crippen molar-refractivity contribution in [2.75, 3.05) is 6.61 Å². The number of rotatable bonds is 3. The lowest BCUT2D eigenvalue weighted by atomic mass is 10.3.